The number of aromatic nitrogens is 1. The number of urea groups is 1. The number of hydrogen-bond acceptors (Lipinski definition) is 4. The first-order chi connectivity index (χ1) is 14.6. The molecule has 1 aromatic heterocycles. The summed E-state index contributed by atoms with van der Waals surface area (Å²) in [6.07, 6.45) is 3.87. The van der Waals surface area contributed by atoms with Crippen LogP contribution in [0.15, 0.2) is 24.4 Å². The van der Waals surface area contributed by atoms with Gasteiger partial charge in [0.1, 0.15) is 5.60 Å². The molecule has 2 aliphatic rings. The number of nitrogens with one attached hydrogen (secondary N) is 1. The lowest BCUT2D eigenvalue weighted by Crippen LogP contribution is -2.49. The van der Waals surface area contributed by atoms with E-state index in [1.54, 1.807) is 9.80 Å². The summed E-state index contributed by atoms with van der Waals surface area (Å²) in [5.41, 5.74) is 2.48. The van der Waals surface area contributed by atoms with E-state index in [0.717, 1.165) is 35.0 Å². The first-order valence-corrected chi connectivity index (χ1v) is 10.8. The number of hydrogen-bond donors (Lipinski definition) is 1. The predicted molar refractivity (Wildman–Crippen MR) is 118 cm³/mol. The third-order valence-corrected chi connectivity index (χ3v) is 6.00. The zero-order chi connectivity index (χ0) is 22.3. The average molecular weight is 427 g/mol. The van der Waals surface area contributed by atoms with Crippen molar-refractivity contribution < 1.29 is 19.1 Å². The highest BCUT2D eigenvalue weighted by atomic mass is 16.6. The van der Waals surface area contributed by atoms with E-state index in [1.807, 2.05) is 39.8 Å². The third kappa shape index (κ3) is 4.24. The molecule has 2 fully saturated rings. The van der Waals surface area contributed by atoms with E-state index in [9.17, 15) is 14.4 Å². The van der Waals surface area contributed by atoms with Crippen molar-refractivity contribution in [2.75, 3.05) is 24.5 Å². The number of amides is 4. The number of rotatable bonds is 2. The fourth-order valence-corrected chi connectivity index (χ4v) is 4.43. The number of carbonyl (C=O) groups excluding carboxylic acids is 3. The maximum atomic E-state index is 12.3. The average Bonchev–Trinajstić information content (AvgIpc) is 3.13. The molecule has 0 unspecified atom stereocenters. The Morgan fingerprint density at radius 2 is 1.81 bits per heavy atom. The van der Waals surface area contributed by atoms with Gasteiger partial charge in [-0.3, -0.25) is 15.0 Å². The first kappa shape index (κ1) is 21.2. The summed E-state index contributed by atoms with van der Waals surface area (Å²) in [7, 11) is 0. The van der Waals surface area contributed by atoms with E-state index in [0.29, 0.717) is 32.1 Å². The topological polar surface area (TPSA) is 83.9 Å². The van der Waals surface area contributed by atoms with Gasteiger partial charge >= 0.3 is 12.1 Å². The molecule has 0 atom stereocenters. The van der Waals surface area contributed by atoms with Gasteiger partial charge in [0.05, 0.1) is 0 Å². The summed E-state index contributed by atoms with van der Waals surface area (Å²) in [6.45, 7) is 9.37. The van der Waals surface area contributed by atoms with Crippen LogP contribution in [0.3, 0.4) is 0 Å². The van der Waals surface area contributed by atoms with Crippen LogP contribution in [0.5, 0.6) is 0 Å². The Balaban J connectivity index is 1.50. The molecule has 0 bridgehead atoms. The summed E-state index contributed by atoms with van der Waals surface area (Å²) in [4.78, 5) is 39.5. The van der Waals surface area contributed by atoms with Gasteiger partial charge < -0.3 is 14.2 Å². The minimum absolute atomic E-state index is 0.233. The van der Waals surface area contributed by atoms with Gasteiger partial charge in [0.15, 0.2) is 0 Å². The smallest absolute Gasteiger partial charge is 0.410 e. The molecule has 0 saturated carbocycles. The van der Waals surface area contributed by atoms with E-state index in [2.05, 4.69) is 22.1 Å². The lowest BCUT2D eigenvalue weighted by Gasteiger charge is -2.34. The molecule has 31 heavy (non-hydrogen) atoms. The van der Waals surface area contributed by atoms with Gasteiger partial charge in [-0.2, -0.15) is 0 Å². The number of ether oxygens (including phenoxy) is 1. The fourth-order valence-electron chi connectivity index (χ4n) is 4.43. The summed E-state index contributed by atoms with van der Waals surface area (Å²) >= 11 is 0. The quantitative estimate of drug-likeness (QED) is 0.788. The van der Waals surface area contributed by atoms with Crippen molar-refractivity contribution >= 4 is 34.6 Å². The molecule has 4 amide bonds. The molecule has 0 spiro atoms. The molecule has 2 aliphatic heterocycles. The number of carbonyl (C=O) groups is 3. The lowest BCUT2D eigenvalue weighted by atomic mass is 10.0. The van der Waals surface area contributed by atoms with Gasteiger partial charge in [-0.25, -0.2) is 9.59 Å². The summed E-state index contributed by atoms with van der Waals surface area (Å²) in [5.74, 6) is -0.233. The van der Waals surface area contributed by atoms with Gasteiger partial charge in [-0.05, 0) is 64.3 Å². The van der Waals surface area contributed by atoms with E-state index < -0.39 is 5.60 Å². The second-order valence-electron chi connectivity index (χ2n) is 9.32. The normalized spacial score (nSPS) is 18.5. The van der Waals surface area contributed by atoms with Gasteiger partial charge in [-0.15, -0.1) is 0 Å². The van der Waals surface area contributed by atoms with Crippen molar-refractivity contribution in [3.05, 3.63) is 30.0 Å². The van der Waals surface area contributed by atoms with Crippen molar-refractivity contribution in [3.8, 4) is 0 Å². The number of piperidine rings is 1. The molecule has 8 nitrogen and oxygen atoms in total. The Hall–Kier alpha value is -3.03. The largest absolute Gasteiger partial charge is 0.444 e. The number of fused-ring (bicyclic) bond motifs is 1. The molecule has 0 aliphatic carbocycles. The van der Waals surface area contributed by atoms with Crippen LogP contribution in [-0.4, -0.2) is 52.7 Å². The highest BCUT2D eigenvalue weighted by Crippen LogP contribution is 2.34. The summed E-state index contributed by atoms with van der Waals surface area (Å²) in [5, 5.41) is 3.48. The van der Waals surface area contributed by atoms with E-state index in [1.165, 1.54) is 0 Å². The molecule has 1 N–H and O–H groups in total. The van der Waals surface area contributed by atoms with Gasteiger partial charge in [0, 0.05) is 54.9 Å². The molecule has 2 saturated heterocycles. The van der Waals surface area contributed by atoms with Crippen molar-refractivity contribution in [2.45, 2.75) is 58.6 Å². The van der Waals surface area contributed by atoms with E-state index in [4.69, 9.17) is 4.74 Å². The van der Waals surface area contributed by atoms with Crippen LogP contribution in [0.25, 0.3) is 10.9 Å². The highest BCUT2D eigenvalue weighted by Gasteiger charge is 2.29. The fraction of sp³-hybridized carbons (Fsp3) is 0.522. The second-order valence-corrected chi connectivity index (χ2v) is 9.32. The van der Waals surface area contributed by atoms with Crippen LogP contribution in [0.2, 0.25) is 0 Å². The van der Waals surface area contributed by atoms with Crippen molar-refractivity contribution in [1.29, 1.82) is 0 Å². The predicted octanol–water partition coefficient (Wildman–Crippen LogP) is 3.97. The number of likely N-dealkylation sites (tertiary alicyclic amines) is 1. The SMILES string of the molecule is Cc1c(N2CCC(=O)NC2=O)ccc2c1ccn2C1CCN(C(=O)OC(C)(C)C)CC1. The van der Waals surface area contributed by atoms with E-state index >= 15 is 0 Å². The number of nitrogens with zero attached hydrogens (tertiary/aromatic N) is 3. The minimum atomic E-state index is -0.488. The number of imide groups is 1. The maximum absolute atomic E-state index is 12.3. The Labute approximate surface area is 182 Å². The Kier molecular flexibility index (Phi) is 5.41. The molecule has 8 heteroatoms. The molecular weight excluding hydrogens is 396 g/mol. The Bertz CT molecular complexity index is 1030. The Morgan fingerprint density at radius 3 is 2.45 bits per heavy atom. The summed E-state index contributed by atoms with van der Waals surface area (Å²) < 4.78 is 7.77. The van der Waals surface area contributed by atoms with Gasteiger partial charge in [-0.1, -0.05) is 0 Å². The minimum Gasteiger partial charge on any atom is -0.444 e. The first-order valence-electron chi connectivity index (χ1n) is 10.8. The lowest BCUT2D eigenvalue weighted by molar-refractivity contribution is -0.120. The molecule has 166 valence electrons. The van der Waals surface area contributed by atoms with Crippen LogP contribution >= 0.6 is 0 Å². The standard InChI is InChI=1S/C23H30N4O4/c1-15-17-9-13-26(16-7-11-25(12-8-16)22(30)31-23(2,3)4)19(17)6-5-18(15)27-14-10-20(28)24-21(27)29/h5-6,9,13,16H,7-8,10-12,14H2,1-4H3,(H,24,28,29). The number of benzene rings is 1. The van der Waals surface area contributed by atoms with Crippen molar-refractivity contribution in [3.63, 3.8) is 0 Å². The Morgan fingerprint density at radius 1 is 1.10 bits per heavy atom. The second kappa shape index (κ2) is 7.90. The zero-order valence-corrected chi connectivity index (χ0v) is 18.6. The molecular formula is C23H30N4O4. The molecule has 0 radical (unpaired) electrons. The zero-order valence-electron chi connectivity index (χ0n) is 18.6. The molecule has 3 heterocycles. The van der Waals surface area contributed by atoms with Crippen molar-refractivity contribution in [2.24, 2.45) is 0 Å². The van der Waals surface area contributed by atoms with E-state index in [-0.39, 0.29) is 18.0 Å². The maximum Gasteiger partial charge on any atom is 0.410 e. The molecule has 1 aromatic carbocycles. The van der Waals surface area contributed by atoms with Crippen LogP contribution in [0, 0.1) is 6.92 Å². The van der Waals surface area contributed by atoms with Crippen LogP contribution in [-0.2, 0) is 9.53 Å². The highest BCUT2D eigenvalue weighted by molar-refractivity contribution is 6.07. The summed E-state index contributed by atoms with van der Waals surface area (Å²) in [6, 6.07) is 6.02. The molecule has 2 aromatic rings. The van der Waals surface area contributed by atoms with Crippen LogP contribution in [0.4, 0.5) is 15.3 Å². The number of anilines is 1. The monoisotopic (exact) mass is 426 g/mol. The van der Waals surface area contributed by atoms with Crippen LogP contribution in [0.1, 0.15) is 51.6 Å². The van der Waals surface area contributed by atoms with Gasteiger partial charge in [0.2, 0.25) is 5.91 Å². The van der Waals surface area contributed by atoms with Crippen LogP contribution < -0.4 is 10.2 Å². The molecule has 4 rings (SSSR count). The van der Waals surface area contributed by atoms with Gasteiger partial charge in [0.25, 0.3) is 0 Å². The number of aryl methyl sites for hydroxylation is 1. The third-order valence-electron chi connectivity index (χ3n) is 6.00. The van der Waals surface area contributed by atoms with Crippen molar-refractivity contribution in [1.82, 2.24) is 14.8 Å².